The molecule has 0 saturated carbocycles. The number of hydrogen-bond acceptors (Lipinski definition) is 8. The molecule has 4 rings (SSSR count). The van der Waals surface area contributed by atoms with Crippen LogP contribution in [-0.4, -0.2) is 41.1 Å². The zero-order valence-electron chi connectivity index (χ0n) is 15.6. The molecule has 154 valence electrons. The Kier molecular flexibility index (Phi) is 4.66. The van der Waals surface area contributed by atoms with Gasteiger partial charge in [0.15, 0.2) is 11.5 Å². The van der Waals surface area contributed by atoms with Crippen LogP contribution >= 0.6 is 11.3 Å². The Labute approximate surface area is 171 Å². The minimum absolute atomic E-state index is 0.187. The molecule has 0 aliphatic carbocycles. The summed E-state index contributed by atoms with van der Waals surface area (Å²) in [5.74, 6) is -1.30. The Bertz CT molecular complexity index is 1410. The second kappa shape index (κ2) is 7.18. The number of aromatic nitrogens is 6. The molecular weight excluding hydrogens is 413 g/mol. The van der Waals surface area contributed by atoms with Crippen molar-refractivity contribution in [3.8, 4) is 0 Å². The number of carbonyl (C=O) groups excluding carboxylic acids is 1. The molecule has 30 heavy (non-hydrogen) atoms. The number of thiazole rings is 1. The summed E-state index contributed by atoms with van der Waals surface area (Å²) in [6.45, 7) is -0.267. The number of nitrogens with two attached hydrogens (primary N) is 2. The summed E-state index contributed by atoms with van der Waals surface area (Å²) in [6.07, 6.45) is 3.82. The van der Waals surface area contributed by atoms with E-state index >= 15 is 0 Å². The Morgan fingerprint density at radius 1 is 1.47 bits per heavy atom. The smallest absolute Gasteiger partial charge is 0.291 e. The summed E-state index contributed by atoms with van der Waals surface area (Å²) in [5.41, 5.74) is 10.8. The first-order valence-corrected chi connectivity index (χ1v) is 9.45. The summed E-state index contributed by atoms with van der Waals surface area (Å²) >= 11 is 1.33. The molecule has 0 aromatic carbocycles. The number of fused-ring (bicyclic) bond motifs is 3. The zero-order chi connectivity index (χ0) is 21.6. The van der Waals surface area contributed by atoms with Crippen LogP contribution in [0.3, 0.4) is 0 Å². The highest BCUT2D eigenvalue weighted by Gasteiger charge is 2.20. The number of carbonyl (C=O) groups is 1. The molecule has 0 bridgehead atoms. The van der Waals surface area contributed by atoms with Gasteiger partial charge in [-0.05, 0) is 0 Å². The molecule has 0 aliphatic rings. The largest absolute Gasteiger partial charge is 0.404 e. The second-order valence-electron chi connectivity index (χ2n) is 6.47. The van der Waals surface area contributed by atoms with Gasteiger partial charge in [0.25, 0.3) is 11.5 Å². The van der Waals surface area contributed by atoms with Gasteiger partial charge in [0.1, 0.15) is 16.2 Å². The molecule has 13 heteroatoms. The van der Waals surface area contributed by atoms with Crippen LogP contribution in [0.15, 0.2) is 29.0 Å². The topological polar surface area (TPSA) is 174 Å². The lowest BCUT2D eigenvalue weighted by Crippen LogP contribution is -2.31. The van der Waals surface area contributed by atoms with Gasteiger partial charge < -0.3 is 21.4 Å². The number of hydrogen-bond donors (Lipinski definition) is 4. The van der Waals surface area contributed by atoms with Gasteiger partial charge in [-0.3, -0.25) is 14.7 Å². The summed E-state index contributed by atoms with van der Waals surface area (Å²) in [6, 6.07) is 0. The van der Waals surface area contributed by atoms with E-state index < -0.39 is 17.3 Å². The molecule has 6 N–H and O–H groups in total. The fourth-order valence-electron chi connectivity index (χ4n) is 3.16. The Hall–Kier alpha value is -3.87. The van der Waals surface area contributed by atoms with Crippen molar-refractivity contribution in [1.29, 1.82) is 5.41 Å². The number of aryl methyl sites for hydroxylation is 1. The van der Waals surface area contributed by atoms with Gasteiger partial charge in [0, 0.05) is 25.1 Å². The average Bonchev–Trinajstić information content (AvgIpc) is 3.35. The molecular formula is C17H16FN9O2S. The van der Waals surface area contributed by atoms with E-state index in [4.69, 9.17) is 16.9 Å². The van der Waals surface area contributed by atoms with Crippen LogP contribution in [-0.2, 0) is 24.8 Å². The number of aromatic amines is 1. The molecule has 0 aliphatic heterocycles. The fourth-order valence-corrected chi connectivity index (χ4v) is 4.27. The van der Waals surface area contributed by atoms with Gasteiger partial charge in [0.05, 0.1) is 34.9 Å². The number of halogens is 1. The molecule has 0 unspecified atom stereocenters. The van der Waals surface area contributed by atoms with Crippen LogP contribution in [0.4, 0.5) is 4.39 Å². The lowest BCUT2D eigenvalue weighted by atomic mass is 10.1. The molecule has 1 amide bonds. The van der Waals surface area contributed by atoms with E-state index in [1.807, 2.05) is 0 Å². The first-order valence-electron chi connectivity index (χ1n) is 8.63. The van der Waals surface area contributed by atoms with E-state index in [1.54, 1.807) is 11.6 Å². The van der Waals surface area contributed by atoms with Crippen molar-refractivity contribution in [1.82, 2.24) is 29.5 Å². The third-order valence-electron chi connectivity index (χ3n) is 4.62. The standard InChI is InChI=1S/C17H16FN9O2S/c1-26-13-8(4-23-27(17(13)29)6-10(20)7(3-19)15(21)28)14-16(26)24-12(30-14)2-11-9(18)5-22-25-11/h3-5,20H,2,6,19H2,1H3,(H2,21,28)(H,22,25)/b7-3+,20-10?. The van der Waals surface area contributed by atoms with Crippen molar-refractivity contribution in [3.63, 3.8) is 0 Å². The van der Waals surface area contributed by atoms with Crippen LogP contribution in [0.5, 0.6) is 0 Å². The van der Waals surface area contributed by atoms with Gasteiger partial charge in [-0.2, -0.15) is 10.2 Å². The molecule has 0 atom stereocenters. The van der Waals surface area contributed by atoms with Crippen LogP contribution < -0.4 is 17.0 Å². The zero-order valence-corrected chi connectivity index (χ0v) is 16.5. The summed E-state index contributed by atoms with van der Waals surface area (Å²) < 4.78 is 17.1. The summed E-state index contributed by atoms with van der Waals surface area (Å²) in [7, 11) is 1.69. The maximum absolute atomic E-state index is 13.6. The minimum atomic E-state index is -0.860. The molecule has 4 heterocycles. The van der Waals surface area contributed by atoms with E-state index in [0.717, 1.165) is 15.6 Å². The maximum Gasteiger partial charge on any atom is 0.291 e. The van der Waals surface area contributed by atoms with Gasteiger partial charge in [-0.25, -0.2) is 14.1 Å². The predicted molar refractivity (Wildman–Crippen MR) is 109 cm³/mol. The third kappa shape index (κ3) is 3.04. The van der Waals surface area contributed by atoms with E-state index in [1.165, 1.54) is 23.7 Å². The highest BCUT2D eigenvalue weighted by atomic mass is 32.1. The van der Waals surface area contributed by atoms with Crippen LogP contribution in [0, 0.1) is 11.2 Å². The average molecular weight is 429 g/mol. The molecule has 0 spiro atoms. The SMILES string of the molecule is Cn1c2nc(Cc3n[nH]cc3F)sc2c2cnn(CC(=N)/C(=C\N)C(N)=O)c(=O)c21. The molecule has 0 radical (unpaired) electrons. The summed E-state index contributed by atoms with van der Waals surface area (Å²) in [5, 5.41) is 19.7. The number of primary amides is 1. The van der Waals surface area contributed by atoms with Crippen LogP contribution in [0.2, 0.25) is 0 Å². The predicted octanol–water partition coefficient (Wildman–Crippen LogP) is 0.145. The quantitative estimate of drug-likeness (QED) is 0.250. The number of H-pyrrole nitrogens is 1. The highest BCUT2D eigenvalue weighted by Crippen LogP contribution is 2.31. The number of amides is 1. The van der Waals surface area contributed by atoms with Gasteiger partial charge in [-0.1, -0.05) is 0 Å². The molecule has 0 fully saturated rings. The van der Waals surface area contributed by atoms with Crippen LogP contribution in [0.1, 0.15) is 10.7 Å². The molecule has 0 saturated heterocycles. The molecule has 11 nitrogen and oxygen atoms in total. The number of nitrogens with one attached hydrogen (secondary N) is 2. The normalized spacial score (nSPS) is 12.1. The van der Waals surface area contributed by atoms with Crippen molar-refractivity contribution in [3.05, 3.63) is 51.0 Å². The van der Waals surface area contributed by atoms with E-state index in [9.17, 15) is 14.0 Å². The molecule has 4 aromatic rings. The van der Waals surface area contributed by atoms with Gasteiger partial charge in [0.2, 0.25) is 0 Å². The monoisotopic (exact) mass is 429 g/mol. The Morgan fingerprint density at radius 3 is 2.87 bits per heavy atom. The Balaban J connectivity index is 1.75. The fraction of sp³-hybridized carbons (Fsp3) is 0.176. The minimum Gasteiger partial charge on any atom is -0.404 e. The van der Waals surface area contributed by atoms with Gasteiger partial charge >= 0.3 is 0 Å². The first kappa shape index (κ1) is 19.4. The van der Waals surface area contributed by atoms with Crippen molar-refractivity contribution in [2.75, 3.05) is 0 Å². The van der Waals surface area contributed by atoms with Crippen molar-refractivity contribution in [2.24, 2.45) is 18.5 Å². The second-order valence-corrected chi connectivity index (χ2v) is 7.55. The lowest BCUT2D eigenvalue weighted by Gasteiger charge is -2.07. The Morgan fingerprint density at radius 2 is 2.23 bits per heavy atom. The lowest BCUT2D eigenvalue weighted by molar-refractivity contribution is -0.114. The number of rotatable bonds is 6. The van der Waals surface area contributed by atoms with E-state index in [2.05, 4.69) is 20.3 Å². The van der Waals surface area contributed by atoms with E-state index in [-0.39, 0.29) is 29.9 Å². The van der Waals surface area contributed by atoms with Crippen molar-refractivity contribution in [2.45, 2.75) is 13.0 Å². The van der Waals surface area contributed by atoms with E-state index in [0.29, 0.717) is 21.6 Å². The van der Waals surface area contributed by atoms with Crippen molar-refractivity contribution < 1.29 is 9.18 Å². The number of nitrogens with zero attached hydrogens (tertiary/aromatic N) is 5. The van der Waals surface area contributed by atoms with Gasteiger partial charge in [-0.15, -0.1) is 11.3 Å². The third-order valence-corrected chi connectivity index (χ3v) is 5.70. The maximum atomic E-state index is 13.6. The summed E-state index contributed by atoms with van der Waals surface area (Å²) in [4.78, 5) is 28.8. The van der Waals surface area contributed by atoms with Crippen LogP contribution in [0.25, 0.3) is 21.3 Å². The van der Waals surface area contributed by atoms with Crippen molar-refractivity contribution >= 4 is 44.2 Å². The first-order chi connectivity index (χ1) is 14.3. The highest BCUT2D eigenvalue weighted by molar-refractivity contribution is 7.19. The molecule has 4 aromatic heterocycles.